The molecule has 0 aliphatic rings. The second kappa shape index (κ2) is 8.94. The van der Waals surface area contributed by atoms with Gasteiger partial charge >= 0.3 is 0 Å². The second-order valence-corrected chi connectivity index (χ2v) is 5.82. The number of halogens is 2. The molecule has 0 heterocycles. The number of nitrogens with one attached hydrogen (secondary N) is 2. The minimum absolute atomic E-state index is 0.0891. The topological polar surface area (TPSA) is 67.4 Å². The molecule has 5 nitrogen and oxygen atoms in total. The smallest absolute Gasteiger partial charge is 0.243 e. The fourth-order valence-corrected chi connectivity index (χ4v) is 2.16. The number of hydrogen-bond acceptors (Lipinski definition) is 3. The van der Waals surface area contributed by atoms with E-state index in [0.717, 1.165) is 23.3 Å². The van der Waals surface area contributed by atoms with Gasteiger partial charge < -0.3 is 15.4 Å². The van der Waals surface area contributed by atoms with Gasteiger partial charge in [-0.1, -0.05) is 12.1 Å². The highest BCUT2D eigenvalue weighted by molar-refractivity contribution is 5.94. The average molecular weight is 362 g/mol. The van der Waals surface area contributed by atoms with E-state index in [1.807, 2.05) is 32.0 Å². The molecule has 2 amide bonds. The maximum atomic E-state index is 13.1. The number of hydrogen-bond donors (Lipinski definition) is 2. The Kier molecular flexibility index (Phi) is 6.66. The number of anilines is 1. The molecule has 26 heavy (non-hydrogen) atoms. The van der Waals surface area contributed by atoms with Crippen LogP contribution >= 0.6 is 0 Å². The first-order valence-corrected chi connectivity index (χ1v) is 8.07. The first kappa shape index (κ1) is 19.4. The third kappa shape index (κ3) is 5.84. The molecular formula is C19H20F2N2O3. The van der Waals surface area contributed by atoms with Crippen molar-refractivity contribution in [2.45, 2.75) is 20.3 Å². The van der Waals surface area contributed by atoms with Gasteiger partial charge in [-0.2, -0.15) is 0 Å². The summed E-state index contributed by atoms with van der Waals surface area (Å²) in [5.41, 5.74) is 2.15. The lowest BCUT2D eigenvalue weighted by Crippen LogP contribution is -2.33. The van der Waals surface area contributed by atoms with E-state index in [4.69, 9.17) is 4.74 Å². The van der Waals surface area contributed by atoms with Crippen LogP contribution in [0.2, 0.25) is 0 Å². The molecule has 0 saturated carbocycles. The second-order valence-electron chi connectivity index (χ2n) is 5.82. The lowest BCUT2D eigenvalue weighted by atomic mass is 10.1. The zero-order valence-corrected chi connectivity index (χ0v) is 14.6. The summed E-state index contributed by atoms with van der Waals surface area (Å²) in [5.74, 6) is -2.24. The fraction of sp³-hybridized carbons (Fsp3) is 0.263. The Balaban J connectivity index is 1.71. The maximum Gasteiger partial charge on any atom is 0.243 e. The monoisotopic (exact) mass is 362 g/mol. The third-order valence-electron chi connectivity index (χ3n) is 3.58. The summed E-state index contributed by atoms with van der Waals surface area (Å²) in [7, 11) is 0. The minimum atomic E-state index is -1.06. The molecule has 0 bridgehead atoms. The van der Waals surface area contributed by atoms with Gasteiger partial charge in [-0.15, -0.1) is 0 Å². The molecule has 0 spiro atoms. The molecule has 0 aliphatic heterocycles. The van der Waals surface area contributed by atoms with Gasteiger partial charge in [-0.25, -0.2) is 8.78 Å². The molecule has 2 aromatic carbocycles. The fourth-order valence-electron chi connectivity index (χ4n) is 2.16. The van der Waals surface area contributed by atoms with E-state index in [1.165, 1.54) is 6.07 Å². The van der Waals surface area contributed by atoms with Crippen LogP contribution in [-0.2, 0) is 9.59 Å². The summed E-state index contributed by atoms with van der Waals surface area (Å²) >= 11 is 0. The third-order valence-corrected chi connectivity index (χ3v) is 3.58. The Hall–Kier alpha value is -2.96. The van der Waals surface area contributed by atoms with Crippen LogP contribution in [-0.4, -0.2) is 25.0 Å². The lowest BCUT2D eigenvalue weighted by Gasteiger charge is -2.10. The van der Waals surface area contributed by atoms with E-state index in [9.17, 15) is 18.4 Å². The largest absolute Gasteiger partial charge is 0.493 e. The number of amides is 2. The highest BCUT2D eigenvalue weighted by Gasteiger charge is 2.09. The maximum absolute atomic E-state index is 13.1. The predicted molar refractivity (Wildman–Crippen MR) is 94.0 cm³/mol. The highest BCUT2D eigenvalue weighted by Crippen LogP contribution is 2.19. The molecule has 0 atom stereocenters. The van der Waals surface area contributed by atoms with Gasteiger partial charge in [-0.3, -0.25) is 9.59 Å². The van der Waals surface area contributed by atoms with E-state index >= 15 is 0 Å². The average Bonchev–Trinajstić information content (AvgIpc) is 2.59. The minimum Gasteiger partial charge on any atom is -0.493 e. The van der Waals surface area contributed by atoms with Crippen LogP contribution < -0.4 is 15.4 Å². The van der Waals surface area contributed by atoms with Crippen LogP contribution in [0.25, 0.3) is 0 Å². The van der Waals surface area contributed by atoms with Crippen molar-refractivity contribution in [2.75, 3.05) is 18.5 Å². The van der Waals surface area contributed by atoms with Crippen molar-refractivity contribution >= 4 is 17.5 Å². The number of aryl methyl sites for hydroxylation is 2. The van der Waals surface area contributed by atoms with Crippen molar-refractivity contribution in [1.29, 1.82) is 0 Å². The Morgan fingerprint density at radius 1 is 1.00 bits per heavy atom. The zero-order chi connectivity index (χ0) is 19.1. The highest BCUT2D eigenvalue weighted by atomic mass is 19.2. The number of rotatable bonds is 7. The van der Waals surface area contributed by atoms with E-state index in [1.54, 1.807) is 0 Å². The van der Waals surface area contributed by atoms with Crippen LogP contribution in [0.3, 0.4) is 0 Å². The summed E-state index contributed by atoms with van der Waals surface area (Å²) in [4.78, 5) is 23.5. The Morgan fingerprint density at radius 2 is 1.77 bits per heavy atom. The van der Waals surface area contributed by atoms with Gasteiger partial charge in [0.25, 0.3) is 0 Å². The van der Waals surface area contributed by atoms with Gasteiger partial charge in [0, 0.05) is 11.8 Å². The van der Waals surface area contributed by atoms with Crippen molar-refractivity contribution in [2.24, 2.45) is 0 Å². The molecule has 2 rings (SSSR count). The molecule has 2 aromatic rings. The Bertz CT molecular complexity index is 809. The van der Waals surface area contributed by atoms with Crippen molar-refractivity contribution < 1.29 is 23.1 Å². The van der Waals surface area contributed by atoms with Gasteiger partial charge in [0.15, 0.2) is 11.6 Å². The SMILES string of the molecule is Cc1ccc(C)c(OCCC(=O)NCC(=O)Nc2ccc(F)c(F)c2)c1. The molecule has 0 unspecified atom stereocenters. The van der Waals surface area contributed by atoms with Crippen molar-refractivity contribution in [3.8, 4) is 5.75 Å². The van der Waals surface area contributed by atoms with Crippen LogP contribution in [0.15, 0.2) is 36.4 Å². The van der Waals surface area contributed by atoms with Crippen LogP contribution in [0.4, 0.5) is 14.5 Å². The molecule has 2 N–H and O–H groups in total. The van der Waals surface area contributed by atoms with Crippen molar-refractivity contribution in [1.82, 2.24) is 5.32 Å². The van der Waals surface area contributed by atoms with Gasteiger partial charge in [0.2, 0.25) is 11.8 Å². The normalized spacial score (nSPS) is 10.3. The van der Waals surface area contributed by atoms with Gasteiger partial charge in [0.05, 0.1) is 19.6 Å². The molecule has 0 aliphatic carbocycles. The van der Waals surface area contributed by atoms with E-state index in [-0.39, 0.29) is 31.2 Å². The summed E-state index contributed by atoms with van der Waals surface area (Å²) in [6.07, 6.45) is 0.0891. The van der Waals surface area contributed by atoms with Crippen LogP contribution in [0.1, 0.15) is 17.5 Å². The zero-order valence-electron chi connectivity index (χ0n) is 14.6. The number of ether oxygens (including phenoxy) is 1. The standard InChI is InChI=1S/C19H20F2N2O3/c1-12-3-4-13(2)17(9-12)26-8-7-18(24)22-11-19(25)23-14-5-6-15(20)16(21)10-14/h3-6,9-10H,7-8,11H2,1-2H3,(H,22,24)(H,23,25). The molecule has 0 aromatic heterocycles. The molecule has 0 radical (unpaired) electrons. The Labute approximate surface area is 150 Å². The summed E-state index contributed by atoms with van der Waals surface area (Å²) in [5, 5.41) is 4.81. The van der Waals surface area contributed by atoms with Crippen LogP contribution in [0.5, 0.6) is 5.75 Å². The lowest BCUT2D eigenvalue weighted by molar-refractivity contribution is -0.124. The quantitative estimate of drug-likeness (QED) is 0.795. The van der Waals surface area contributed by atoms with E-state index in [2.05, 4.69) is 10.6 Å². The predicted octanol–water partition coefficient (Wildman–Crippen LogP) is 3.11. The molecular weight excluding hydrogens is 342 g/mol. The number of benzene rings is 2. The van der Waals surface area contributed by atoms with Gasteiger partial charge in [0.1, 0.15) is 5.75 Å². The summed E-state index contributed by atoms with van der Waals surface area (Å²) < 4.78 is 31.5. The molecule has 0 saturated heterocycles. The number of carbonyl (C=O) groups is 2. The Morgan fingerprint density at radius 3 is 2.50 bits per heavy atom. The molecule has 138 valence electrons. The number of carbonyl (C=O) groups excluding carboxylic acids is 2. The van der Waals surface area contributed by atoms with Crippen molar-refractivity contribution in [3.05, 3.63) is 59.2 Å². The summed E-state index contributed by atoms with van der Waals surface area (Å²) in [6.45, 7) is 3.77. The summed E-state index contributed by atoms with van der Waals surface area (Å²) in [6, 6.07) is 8.81. The van der Waals surface area contributed by atoms with E-state index < -0.39 is 17.5 Å². The first-order valence-electron chi connectivity index (χ1n) is 8.07. The van der Waals surface area contributed by atoms with Gasteiger partial charge in [-0.05, 0) is 43.2 Å². The van der Waals surface area contributed by atoms with E-state index in [0.29, 0.717) is 5.75 Å². The molecule has 7 heteroatoms. The van der Waals surface area contributed by atoms with Crippen molar-refractivity contribution in [3.63, 3.8) is 0 Å². The van der Waals surface area contributed by atoms with Crippen LogP contribution in [0, 0.1) is 25.5 Å². The first-order chi connectivity index (χ1) is 12.3. The molecule has 0 fully saturated rings.